The van der Waals surface area contributed by atoms with Gasteiger partial charge in [0, 0.05) is 34.8 Å². The Morgan fingerprint density at radius 3 is 2.43 bits per heavy atom. The number of halogens is 3. The first-order valence-corrected chi connectivity index (χ1v) is 9.26. The molecule has 1 aromatic heterocycles. The first-order chi connectivity index (χ1) is 13.3. The summed E-state index contributed by atoms with van der Waals surface area (Å²) in [5.41, 5.74) is 1.73. The van der Waals surface area contributed by atoms with Crippen molar-refractivity contribution in [3.05, 3.63) is 72.1 Å². The molecule has 0 amide bonds. The van der Waals surface area contributed by atoms with Crippen LogP contribution in [0.4, 0.5) is 13.2 Å². The lowest BCUT2D eigenvalue weighted by molar-refractivity contribution is -0.137. The largest absolute Gasteiger partial charge is 0.416 e. The van der Waals surface area contributed by atoms with E-state index in [0.717, 1.165) is 27.9 Å². The van der Waals surface area contributed by atoms with Crippen LogP contribution >= 0.6 is 11.9 Å². The fourth-order valence-electron chi connectivity index (χ4n) is 2.89. The van der Waals surface area contributed by atoms with Crippen LogP contribution in [0.1, 0.15) is 11.1 Å². The normalized spacial score (nSPS) is 12.0. The molecule has 2 aromatic carbocycles. The molecule has 0 aliphatic heterocycles. The smallest absolute Gasteiger partial charge is 0.394 e. The summed E-state index contributed by atoms with van der Waals surface area (Å²) in [5.74, 6) is 0. The van der Waals surface area contributed by atoms with Crippen molar-refractivity contribution in [1.82, 2.24) is 14.6 Å². The number of hydrogen-bond acceptors (Lipinski definition) is 4. The highest BCUT2D eigenvalue weighted by Crippen LogP contribution is 2.32. The molecule has 0 saturated heterocycles. The van der Waals surface area contributed by atoms with Crippen LogP contribution < -0.4 is 10.0 Å². The van der Waals surface area contributed by atoms with Gasteiger partial charge >= 0.3 is 6.18 Å². The van der Waals surface area contributed by atoms with E-state index in [4.69, 9.17) is 5.41 Å². The number of aromatic nitrogens is 1. The van der Waals surface area contributed by atoms with E-state index in [1.54, 1.807) is 30.1 Å². The van der Waals surface area contributed by atoms with Crippen LogP contribution in [-0.2, 0) is 6.18 Å². The quantitative estimate of drug-likeness (QED) is 0.401. The molecular formula is C20H19F3N4S. The molecule has 28 heavy (non-hydrogen) atoms. The van der Waals surface area contributed by atoms with Gasteiger partial charge in [0.2, 0.25) is 0 Å². The minimum absolute atomic E-state index is 0.302. The number of nitrogens with one attached hydrogen (secondary N) is 3. The van der Waals surface area contributed by atoms with Gasteiger partial charge in [-0.15, -0.1) is 0 Å². The van der Waals surface area contributed by atoms with Crippen molar-refractivity contribution >= 4 is 28.6 Å². The predicted octanol–water partition coefficient (Wildman–Crippen LogP) is 4.98. The van der Waals surface area contributed by atoms with Crippen molar-refractivity contribution in [3.8, 4) is 5.69 Å². The second-order valence-electron chi connectivity index (χ2n) is 5.98. The molecule has 0 spiro atoms. The Morgan fingerprint density at radius 1 is 1.11 bits per heavy atom. The molecule has 3 aromatic rings. The van der Waals surface area contributed by atoms with Crippen molar-refractivity contribution in [3.63, 3.8) is 0 Å². The van der Waals surface area contributed by atoms with Gasteiger partial charge in [-0.3, -0.25) is 4.72 Å². The molecule has 0 saturated carbocycles. The average molecular weight is 404 g/mol. The Morgan fingerprint density at radius 2 is 1.82 bits per heavy atom. The Balaban J connectivity index is 2.14. The fraction of sp³-hybridized carbons (Fsp3) is 0.150. The highest BCUT2D eigenvalue weighted by Gasteiger charge is 2.30. The molecule has 3 N–H and O–H groups in total. The first kappa shape index (κ1) is 20.0. The summed E-state index contributed by atoms with van der Waals surface area (Å²) in [7, 11) is 3.57. The summed E-state index contributed by atoms with van der Waals surface area (Å²) in [5, 5.41) is 12.1. The van der Waals surface area contributed by atoms with E-state index in [1.165, 1.54) is 24.1 Å². The minimum Gasteiger partial charge on any atom is -0.394 e. The SMILES string of the molecule is CN/C=C\C(=N)c1cn(-c2ccc(C(F)(F)F)cc2)c2ccc(SNC)cc12. The standard InChI is InChI=1S/C20H19F3N4S/c1-25-10-9-18(24)17-12-27(14-5-3-13(4-6-14)20(21,22)23)19-8-7-15(28-26-2)11-16(17)19/h3-12,24-26H,1-2H3/b10-9-,24-18?. The summed E-state index contributed by atoms with van der Waals surface area (Å²) < 4.78 is 43.4. The van der Waals surface area contributed by atoms with E-state index in [1.807, 2.05) is 25.2 Å². The zero-order valence-electron chi connectivity index (χ0n) is 15.3. The maximum absolute atomic E-state index is 12.9. The number of benzene rings is 2. The van der Waals surface area contributed by atoms with Gasteiger partial charge in [0.15, 0.2) is 0 Å². The van der Waals surface area contributed by atoms with Gasteiger partial charge in [-0.05, 0) is 73.7 Å². The second-order valence-corrected chi connectivity index (χ2v) is 7.06. The van der Waals surface area contributed by atoms with Crippen LogP contribution in [0.2, 0.25) is 0 Å². The van der Waals surface area contributed by atoms with Gasteiger partial charge < -0.3 is 15.3 Å². The molecule has 3 rings (SSSR count). The summed E-state index contributed by atoms with van der Waals surface area (Å²) in [6.07, 6.45) is 0.713. The average Bonchev–Trinajstić information content (AvgIpc) is 3.05. The molecule has 8 heteroatoms. The predicted molar refractivity (Wildman–Crippen MR) is 108 cm³/mol. The van der Waals surface area contributed by atoms with Crippen molar-refractivity contribution < 1.29 is 13.2 Å². The highest BCUT2D eigenvalue weighted by molar-refractivity contribution is 7.97. The van der Waals surface area contributed by atoms with Gasteiger partial charge in [0.1, 0.15) is 0 Å². The molecule has 0 bridgehead atoms. The van der Waals surface area contributed by atoms with Gasteiger partial charge in [-0.1, -0.05) is 0 Å². The van der Waals surface area contributed by atoms with Crippen LogP contribution in [0, 0.1) is 5.41 Å². The Bertz CT molecular complexity index is 1020. The summed E-state index contributed by atoms with van der Waals surface area (Å²) in [4.78, 5) is 0.979. The minimum atomic E-state index is -4.37. The fourth-order valence-corrected chi connectivity index (χ4v) is 3.43. The third-order valence-corrected chi connectivity index (χ3v) is 4.87. The first-order valence-electron chi connectivity index (χ1n) is 8.44. The van der Waals surface area contributed by atoms with Gasteiger partial charge in [0.05, 0.1) is 16.8 Å². The monoisotopic (exact) mass is 404 g/mol. The van der Waals surface area contributed by atoms with Crippen molar-refractivity contribution in [2.45, 2.75) is 11.1 Å². The molecule has 0 unspecified atom stereocenters. The van der Waals surface area contributed by atoms with Gasteiger partial charge in [0.25, 0.3) is 0 Å². The second kappa shape index (κ2) is 8.12. The molecule has 146 valence electrons. The van der Waals surface area contributed by atoms with Gasteiger partial charge in [-0.2, -0.15) is 13.2 Å². The maximum atomic E-state index is 12.9. The Hall–Kier alpha value is -2.71. The zero-order valence-corrected chi connectivity index (χ0v) is 16.1. The van der Waals surface area contributed by atoms with Gasteiger partial charge in [-0.25, -0.2) is 0 Å². The van der Waals surface area contributed by atoms with Crippen molar-refractivity contribution in [2.75, 3.05) is 14.1 Å². The highest BCUT2D eigenvalue weighted by atomic mass is 32.2. The van der Waals surface area contributed by atoms with Crippen LogP contribution in [0.5, 0.6) is 0 Å². The number of alkyl halides is 3. The van der Waals surface area contributed by atoms with E-state index in [-0.39, 0.29) is 0 Å². The molecule has 0 fully saturated rings. The number of fused-ring (bicyclic) bond motifs is 1. The van der Waals surface area contributed by atoms with E-state index in [0.29, 0.717) is 17.0 Å². The molecule has 1 heterocycles. The van der Waals surface area contributed by atoms with Crippen LogP contribution in [-0.4, -0.2) is 24.4 Å². The number of nitrogens with zero attached hydrogens (tertiary/aromatic N) is 1. The molecular weight excluding hydrogens is 385 g/mol. The number of hydrogen-bond donors (Lipinski definition) is 3. The third kappa shape index (κ3) is 4.07. The topological polar surface area (TPSA) is 52.8 Å². The molecule has 4 nitrogen and oxygen atoms in total. The van der Waals surface area contributed by atoms with E-state index < -0.39 is 11.7 Å². The summed E-state index contributed by atoms with van der Waals surface area (Å²) in [6, 6.07) is 10.8. The third-order valence-electron chi connectivity index (χ3n) is 4.18. The number of rotatable bonds is 6. The maximum Gasteiger partial charge on any atom is 0.416 e. The molecule has 0 radical (unpaired) electrons. The lowest BCUT2D eigenvalue weighted by Crippen LogP contribution is -2.04. The van der Waals surface area contributed by atoms with Crippen molar-refractivity contribution in [2.24, 2.45) is 0 Å². The molecule has 0 aliphatic carbocycles. The Labute approximate surface area is 165 Å². The van der Waals surface area contributed by atoms with E-state index >= 15 is 0 Å². The summed E-state index contributed by atoms with van der Waals surface area (Å²) >= 11 is 1.45. The van der Waals surface area contributed by atoms with E-state index in [2.05, 4.69) is 10.0 Å². The van der Waals surface area contributed by atoms with Crippen LogP contribution in [0.15, 0.2) is 65.8 Å². The van der Waals surface area contributed by atoms with Crippen LogP contribution in [0.3, 0.4) is 0 Å². The Kier molecular flexibility index (Phi) is 5.81. The molecule has 0 aliphatic rings. The summed E-state index contributed by atoms with van der Waals surface area (Å²) in [6.45, 7) is 0. The lowest BCUT2D eigenvalue weighted by atomic mass is 10.1. The van der Waals surface area contributed by atoms with E-state index in [9.17, 15) is 13.2 Å². The lowest BCUT2D eigenvalue weighted by Gasteiger charge is -2.09. The number of allylic oxidation sites excluding steroid dienone is 1. The molecule has 0 atom stereocenters. The van der Waals surface area contributed by atoms with Crippen molar-refractivity contribution in [1.29, 1.82) is 5.41 Å². The van der Waals surface area contributed by atoms with Crippen LogP contribution in [0.25, 0.3) is 16.6 Å². The zero-order chi connectivity index (χ0) is 20.3.